The number of hydrogen-bond donors (Lipinski definition) is 1. The molecule has 1 N–H and O–H groups in total. The molecule has 0 radical (unpaired) electrons. The molecular weight excluding hydrogens is 416 g/mol. The average molecular weight is 443 g/mol. The summed E-state index contributed by atoms with van der Waals surface area (Å²) in [5.41, 5.74) is 1.69. The van der Waals surface area contributed by atoms with Crippen LogP contribution in [-0.4, -0.2) is 29.5 Å². The van der Waals surface area contributed by atoms with E-state index in [0.29, 0.717) is 21.6 Å². The quantitative estimate of drug-likeness (QED) is 0.556. The third-order valence-electron chi connectivity index (χ3n) is 5.90. The number of nitrogens with zero attached hydrogens (tertiary/aromatic N) is 1. The Bertz CT molecular complexity index is 934. The first-order valence-corrected chi connectivity index (χ1v) is 11.7. The molecule has 1 aliphatic carbocycles. The van der Waals surface area contributed by atoms with Gasteiger partial charge in [0.25, 0.3) is 5.91 Å². The minimum absolute atomic E-state index is 0.0780. The van der Waals surface area contributed by atoms with Crippen LogP contribution in [0.4, 0.5) is 5.69 Å². The zero-order valence-corrected chi connectivity index (χ0v) is 18.9. The van der Waals surface area contributed by atoms with Crippen LogP contribution < -0.4 is 10.1 Å². The number of amides is 1. The fourth-order valence-corrected chi connectivity index (χ4v) is 5.71. The largest absolute Gasteiger partial charge is 0.496 e. The summed E-state index contributed by atoms with van der Waals surface area (Å²) >= 11 is 7.77. The number of para-hydroxylation sites is 1. The van der Waals surface area contributed by atoms with Crippen LogP contribution in [0.1, 0.15) is 38.2 Å². The van der Waals surface area contributed by atoms with Crippen molar-refractivity contribution in [1.82, 2.24) is 4.90 Å². The van der Waals surface area contributed by atoms with Gasteiger partial charge in [-0.15, -0.1) is 0 Å². The molecule has 4 rings (SSSR count). The highest BCUT2D eigenvalue weighted by atomic mass is 35.5. The lowest BCUT2D eigenvalue weighted by Gasteiger charge is -2.39. The molecule has 2 aliphatic rings. The minimum Gasteiger partial charge on any atom is -0.496 e. The van der Waals surface area contributed by atoms with Crippen molar-refractivity contribution in [3.8, 4) is 5.75 Å². The number of carbonyl (C=O) groups excluding carboxylic acids is 1. The van der Waals surface area contributed by atoms with Crippen molar-refractivity contribution in [3.05, 3.63) is 64.0 Å². The van der Waals surface area contributed by atoms with Crippen molar-refractivity contribution in [2.45, 2.75) is 44.1 Å². The van der Waals surface area contributed by atoms with Crippen LogP contribution in [0, 0.1) is 5.92 Å². The SMILES string of the molecule is COc1ccc(Cl)cc1/C=C1\SC(Nc2ccccc2)N([C@H]2CCCC[C@H]2C)C1=O. The van der Waals surface area contributed by atoms with E-state index in [9.17, 15) is 4.79 Å². The maximum atomic E-state index is 13.6. The Kier molecular flexibility index (Phi) is 6.59. The number of anilines is 1. The number of thioether (sulfide) groups is 1. The fraction of sp³-hybridized carbons (Fsp3) is 0.375. The number of benzene rings is 2. The van der Waals surface area contributed by atoms with E-state index in [1.165, 1.54) is 19.3 Å². The lowest BCUT2D eigenvalue weighted by atomic mass is 9.85. The topological polar surface area (TPSA) is 41.6 Å². The van der Waals surface area contributed by atoms with E-state index in [1.54, 1.807) is 24.9 Å². The van der Waals surface area contributed by atoms with Gasteiger partial charge in [0.15, 0.2) is 5.50 Å². The van der Waals surface area contributed by atoms with Crippen molar-refractivity contribution in [1.29, 1.82) is 0 Å². The van der Waals surface area contributed by atoms with Gasteiger partial charge in [0.05, 0.1) is 12.0 Å². The van der Waals surface area contributed by atoms with Crippen LogP contribution in [0.25, 0.3) is 6.08 Å². The van der Waals surface area contributed by atoms with Crippen LogP contribution in [0.3, 0.4) is 0 Å². The van der Waals surface area contributed by atoms with E-state index in [1.807, 2.05) is 48.5 Å². The highest BCUT2D eigenvalue weighted by molar-refractivity contribution is 8.05. The molecule has 158 valence electrons. The summed E-state index contributed by atoms with van der Waals surface area (Å²) in [6.45, 7) is 2.27. The Hall–Kier alpha value is -2.11. The molecule has 3 atom stereocenters. The molecule has 6 heteroatoms. The first kappa shape index (κ1) is 21.1. The Morgan fingerprint density at radius 1 is 1.17 bits per heavy atom. The second-order valence-corrected chi connectivity index (χ2v) is 9.48. The zero-order valence-electron chi connectivity index (χ0n) is 17.3. The molecule has 4 nitrogen and oxygen atoms in total. The molecule has 1 amide bonds. The summed E-state index contributed by atoms with van der Waals surface area (Å²) in [4.78, 5) is 16.3. The maximum Gasteiger partial charge on any atom is 0.262 e. The number of methoxy groups -OCH3 is 1. The third-order valence-corrected chi connectivity index (χ3v) is 7.25. The Morgan fingerprint density at radius 3 is 2.67 bits per heavy atom. The summed E-state index contributed by atoms with van der Waals surface area (Å²) < 4.78 is 5.48. The smallest absolute Gasteiger partial charge is 0.262 e. The highest BCUT2D eigenvalue weighted by Gasteiger charge is 2.43. The molecule has 1 aliphatic heterocycles. The maximum absolute atomic E-state index is 13.6. The van der Waals surface area contributed by atoms with Crippen LogP contribution in [-0.2, 0) is 4.79 Å². The van der Waals surface area contributed by atoms with Gasteiger partial charge in [-0.25, -0.2) is 0 Å². The predicted octanol–water partition coefficient (Wildman–Crippen LogP) is 6.24. The van der Waals surface area contributed by atoms with Gasteiger partial charge in [-0.05, 0) is 55.2 Å². The van der Waals surface area contributed by atoms with Gasteiger partial charge in [-0.1, -0.05) is 61.3 Å². The molecule has 30 heavy (non-hydrogen) atoms. The van der Waals surface area contributed by atoms with E-state index >= 15 is 0 Å². The Labute approximate surface area is 187 Å². The summed E-state index contributed by atoms with van der Waals surface area (Å²) in [5.74, 6) is 1.27. The highest BCUT2D eigenvalue weighted by Crippen LogP contribution is 2.42. The second-order valence-electron chi connectivity index (χ2n) is 7.92. The Morgan fingerprint density at radius 2 is 1.93 bits per heavy atom. The van der Waals surface area contributed by atoms with Crippen molar-refractivity contribution in [2.24, 2.45) is 5.92 Å². The number of ether oxygens (including phenoxy) is 1. The fourth-order valence-electron chi connectivity index (χ4n) is 4.33. The van der Waals surface area contributed by atoms with E-state index < -0.39 is 0 Å². The molecule has 0 aromatic heterocycles. The van der Waals surface area contributed by atoms with Crippen molar-refractivity contribution < 1.29 is 9.53 Å². The predicted molar refractivity (Wildman–Crippen MR) is 126 cm³/mol. The standard InChI is InChI=1S/C24H27ClN2O2S/c1-16-8-6-7-11-20(16)27-23(28)22(15-17-14-18(25)12-13-21(17)29-2)30-24(27)26-19-9-4-3-5-10-19/h3-5,9-10,12-16,20,24,26H,6-8,11H2,1-2H3/b22-15-/t16-,20+,24?/m1/s1. The minimum atomic E-state index is -0.137. The molecule has 1 saturated carbocycles. The normalized spacial score (nSPS) is 25.6. The summed E-state index contributed by atoms with van der Waals surface area (Å²) in [6, 6.07) is 15.8. The van der Waals surface area contributed by atoms with Crippen molar-refractivity contribution in [2.75, 3.05) is 12.4 Å². The summed E-state index contributed by atoms with van der Waals surface area (Å²) in [6.07, 6.45) is 6.53. The van der Waals surface area contributed by atoms with E-state index in [2.05, 4.69) is 17.1 Å². The number of halogens is 1. The van der Waals surface area contributed by atoms with E-state index in [4.69, 9.17) is 16.3 Å². The van der Waals surface area contributed by atoms with Crippen molar-refractivity contribution in [3.63, 3.8) is 0 Å². The summed E-state index contributed by atoms with van der Waals surface area (Å²) in [7, 11) is 1.63. The molecule has 2 fully saturated rings. The van der Waals surface area contributed by atoms with Gasteiger partial charge in [0.1, 0.15) is 5.75 Å². The molecule has 0 spiro atoms. The van der Waals surface area contributed by atoms with Crippen LogP contribution in [0.15, 0.2) is 53.4 Å². The Balaban J connectivity index is 1.68. The van der Waals surface area contributed by atoms with Crippen LogP contribution in [0.5, 0.6) is 5.75 Å². The zero-order chi connectivity index (χ0) is 21.1. The molecule has 1 saturated heterocycles. The third kappa shape index (κ3) is 4.47. The van der Waals surface area contributed by atoms with Crippen LogP contribution >= 0.6 is 23.4 Å². The van der Waals surface area contributed by atoms with Crippen LogP contribution in [0.2, 0.25) is 5.02 Å². The van der Waals surface area contributed by atoms with Gasteiger partial charge in [0.2, 0.25) is 0 Å². The van der Waals surface area contributed by atoms with E-state index in [-0.39, 0.29) is 17.4 Å². The molecule has 1 unspecified atom stereocenters. The van der Waals surface area contributed by atoms with Crippen molar-refractivity contribution >= 4 is 41.0 Å². The van der Waals surface area contributed by atoms with Gasteiger partial charge < -0.3 is 15.0 Å². The molecular formula is C24H27ClN2O2S. The summed E-state index contributed by atoms with van der Waals surface area (Å²) in [5, 5.41) is 4.19. The number of hydrogen-bond acceptors (Lipinski definition) is 4. The lowest BCUT2D eigenvalue weighted by molar-refractivity contribution is -0.129. The molecule has 2 aromatic rings. The first-order valence-electron chi connectivity index (χ1n) is 10.4. The van der Waals surface area contributed by atoms with Gasteiger partial charge in [0, 0.05) is 22.3 Å². The number of carbonyl (C=O) groups is 1. The average Bonchev–Trinajstić information content (AvgIpc) is 3.04. The monoisotopic (exact) mass is 442 g/mol. The first-order chi connectivity index (χ1) is 14.6. The van der Waals surface area contributed by atoms with Gasteiger partial charge >= 0.3 is 0 Å². The van der Waals surface area contributed by atoms with Gasteiger partial charge in [-0.2, -0.15) is 0 Å². The molecule has 1 heterocycles. The molecule has 0 bridgehead atoms. The number of nitrogens with one attached hydrogen (secondary N) is 1. The van der Waals surface area contributed by atoms with Gasteiger partial charge in [-0.3, -0.25) is 4.79 Å². The lowest BCUT2D eigenvalue weighted by Crippen LogP contribution is -2.48. The van der Waals surface area contributed by atoms with E-state index in [0.717, 1.165) is 17.7 Å². The molecule has 2 aromatic carbocycles. The number of rotatable bonds is 5. The second kappa shape index (κ2) is 9.36.